The Labute approximate surface area is 160 Å². The van der Waals surface area contributed by atoms with Gasteiger partial charge in [0.2, 0.25) is 0 Å². The minimum atomic E-state index is -2.48. The molecule has 3 aromatic rings. The summed E-state index contributed by atoms with van der Waals surface area (Å²) in [6.45, 7) is 13.8. The van der Waals surface area contributed by atoms with Gasteiger partial charge in [0.1, 0.15) is 0 Å². The van der Waals surface area contributed by atoms with Crippen LogP contribution in [0.15, 0.2) is 54.6 Å². The summed E-state index contributed by atoms with van der Waals surface area (Å²) in [7, 11) is 0. The van der Waals surface area contributed by atoms with E-state index in [1.54, 1.807) is 9.96 Å². The van der Waals surface area contributed by atoms with Gasteiger partial charge < -0.3 is 0 Å². The third kappa shape index (κ3) is 3.44. The number of benzene rings is 3. The van der Waals surface area contributed by atoms with Crippen LogP contribution in [0.25, 0.3) is 0 Å². The van der Waals surface area contributed by atoms with Crippen molar-refractivity contribution in [2.24, 2.45) is 0 Å². The summed E-state index contributed by atoms with van der Waals surface area (Å²) < 4.78 is 5.00. The van der Waals surface area contributed by atoms with Gasteiger partial charge in [-0.3, -0.25) is 0 Å². The Morgan fingerprint density at radius 3 is 0.800 bits per heavy atom. The van der Waals surface area contributed by atoms with E-state index in [4.69, 9.17) is 0 Å². The van der Waals surface area contributed by atoms with Crippen LogP contribution in [0.2, 0.25) is 0 Å². The monoisotopic (exact) mass is 430 g/mol. The second-order valence-electron chi connectivity index (χ2n) is 7.35. The van der Waals surface area contributed by atoms with Gasteiger partial charge >= 0.3 is 161 Å². The van der Waals surface area contributed by atoms with E-state index >= 15 is 0 Å². The average molecular weight is 430 g/mol. The fourth-order valence-corrected chi connectivity index (χ4v) is 16.2. The van der Waals surface area contributed by atoms with E-state index in [1.807, 2.05) is 0 Å². The van der Waals surface area contributed by atoms with Gasteiger partial charge in [0.15, 0.2) is 0 Å². The predicted molar refractivity (Wildman–Crippen MR) is 112 cm³/mol. The Balaban J connectivity index is 2.42. The summed E-state index contributed by atoms with van der Waals surface area (Å²) in [4.78, 5) is 0. The Morgan fingerprint density at radius 1 is 0.400 bits per heavy atom. The summed E-state index contributed by atoms with van der Waals surface area (Å²) in [5.41, 5.74) is 8.78. The van der Waals surface area contributed by atoms with Crippen LogP contribution in [0.4, 0.5) is 0 Å². The molecule has 0 heterocycles. The quantitative estimate of drug-likeness (QED) is 0.588. The molecular formula is C24H27In. The Bertz CT molecular complexity index is 738. The molecule has 0 unspecified atom stereocenters. The number of rotatable bonds is 3. The van der Waals surface area contributed by atoms with Crippen molar-refractivity contribution in [2.45, 2.75) is 41.5 Å². The number of hydrogen-bond acceptors (Lipinski definition) is 0. The zero-order valence-corrected chi connectivity index (χ0v) is 19.6. The molecule has 3 rings (SSSR count). The molecule has 0 atom stereocenters. The van der Waals surface area contributed by atoms with Crippen LogP contribution >= 0.6 is 0 Å². The van der Waals surface area contributed by atoms with E-state index in [-0.39, 0.29) is 0 Å². The van der Waals surface area contributed by atoms with E-state index in [9.17, 15) is 0 Å². The number of aryl methyl sites for hydroxylation is 6. The second kappa shape index (κ2) is 7.41. The van der Waals surface area contributed by atoms with Gasteiger partial charge in [0.05, 0.1) is 0 Å². The minimum absolute atomic E-state index is 1.46. The Kier molecular flexibility index (Phi) is 5.44. The third-order valence-electron chi connectivity index (χ3n) is 5.49. The molecule has 0 spiro atoms. The molecule has 0 aliphatic carbocycles. The molecule has 0 saturated carbocycles. The van der Waals surface area contributed by atoms with E-state index in [1.165, 1.54) is 33.4 Å². The molecule has 0 aromatic heterocycles. The first-order chi connectivity index (χ1) is 11.9. The van der Waals surface area contributed by atoms with Crippen molar-refractivity contribution in [1.82, 2.24) is 0 Å². The summed E-state index contributed by atoms with van der Waals surface area (Å²) in [5.74, 6) is 0. The van der Waals surface area contributed by atoms with Crippen LogP contribution in [0.3, 0.4) is 0 Å². The first-order valence-electron chi connectivity index (χ1n) is 9.10. The molecule has 0 saturated heterocycles. The molecule has 0 aliphatic rings. The topological polar surface area (TPSA) is 0 Å². The Morgan fingerprint density at radius 2 is 0.600 bits per heavy atom. The van der Waals surface area contributed by atoms with E-state index in [0.29, 0.717) is 0 Å². The summed E-state index contributed by atoms with van der Waals surface area (Å²) in [6.07, 6.45) is 0. The molecule has 0 amide bonds. The van der Waals surface area contributed by atoms with Gasteiger partial charge in [-0.2, -0.15) is 0 Å². The van der Waals surface area contributed by atoms with E-state index in [0.717, 1.165) is 0 Å². The van der Waals surface area contributed by atoms with Crippen LogP contribution in [0, 0.1) is 41.5 Å². The van der Waals surface area contributed by atoms with Crippen molar-refractivity contribution in [3.8, 4) is 0 Å². The molecule has 1 heteroatoms. The molecule has 0 nitrogen and oxygen atoms in total. The van der Waals surface area contributed by atoms with Crippen molar-refractivity contribution >= 4 is 31.4 Å². The van der Waals surface area contributed by atoms with Crippen LogP contribution < -0.4 is 9.96 Å². The molecule has 0 aliphatic heterocycles. The second-order valence-corrected chi connectivity index (χ2v) is 14.8. The van der Waals surface area contributed by atoms with Crippen LogP contribution in [-0.2, 0) is 0 Å². The molecule has 3 aromatic carbocycles. The molecule has 0 fully saturated rings. The molecule has 0 N–H and O–H groups in total. The van der Waals surface area contributed by atoms with Crippen molar-refractivity contribution in [2.75, 3.05) is 0 Å². The van der Waals surface area contributed by atoms with Gasteiger partial charge in [-0.25, -0.2) is 0 Å². The first kappa shape index (κ1) is 18.3. The van der Waals surface area contributed by atoms with Crippen molar-refractivity contribution in [1.29, 1.82) is 0 Å². The third-order valence-corrected chi connectivity index (χ3v) is 18.2. The Hall–Kier alpha value is -1.47. The molecule has 0 bridgehead atoms. The van der Waals surface area contributed by atoms with Gasteiger partial charge in [-0.1, -0.05) is 0 Å². The van der Waals surface area contributed by atoms with Crippen LogP contribution in [-0.4, -0.2) is 21.4 Å². The van der Waals surface area contributed by atoms with Crippen LogP contribution in [0.5, 0.6) is 0 Å². The first-order valence-corrected chi connectivity index (χ1v) is 14.0. The summed E-state index contributed by atoms with van der Waals surface area (Å²) >= 11 is -2.48. The standard InChI is InChI=1S/3C8H9.In/c3*1-7-4-3-5-8(2)6-7;/h3*3-5H,1-2H3;. The number of hydrogen-bond donors (Lipinski definition) is 0. The van der Waals surface area contributed by atoms with Crippen molar-refractivity contribution in [3.63, 3.8) is 0 Å². The predicted octanol–water partition coefficient (Wildman–Crippen LogP) is 4.05. The molecule has 25 heavy (non-hydrogen) atoms. The maximum atomic E-state index is 2.30. The molecular weight excluding hydrogens is 403 g/mol. The maximum absolute atomic E-state index is 2.48. The zero-order valence-electron chi connectivity index (χ0n) is 16.3. The molecule has 126 valence electrons. The van der Waals surface area contributed by atoms with E-state index < -0.39 is 21.4 Å². The van der Waals surface area contributed by atoms with Gasteiger partial charge in [-0.05, 0) is 0 Å². The average Bonchev–Trinajstić information content (AvgIpc) is 2.53. The molecule has 0 radical (unpaired) electrons. The zero-order chi connectivity index (χ0) is 18.1. The fourth-order valence-electron chi connectivity index (χ4n) is 4.28. The summed E-state index contributed by atoms with van der Waals surface area (Å²) in [6, 6.07) is 20.4. The summed E-state index contributed by atoms with van der Waals surface area (Å²) in [5, 5.41) is 0. The fraction of sp³-hybridized carbons (Fsp3) is 0.250. The van der Waals surface area contributed by atoms with Gasteiger partial charge in [0, 0.05) is 0 Å². The van der Waals surface area contributed by atoms with Crippen LogP contribution in [0.1, 0.15) is 33.4 Å². The van der Waals surface area contributed by atoms with Crippen molar-refractivity contribution in [3.05, 3.63) is 88.0 Å². The van der Waals surface area contributed by atoms with Crippen molar-refractivity contribution < 1.29 is 0 Å². The normalized spacial score (nSPS) is 10.8. The van der Waals surface area contributed by atoms with Gasteiger partial charge in [0.25, 0.3) is 0 Å². The SMILES string of the molecule is Cc1cccc(C)[c]1[In]([c]1c(C)cccc1C)[c]1c(C)cccc1C. The van der Waals surface area contributed by atoms with Gasteiger partial charge in [-0.15, -0.1) is 0 Å². The van der Waals surface area contributed by atoms with E-state index in [2.05, 4.69) is 96.1 Å².